The Kier molecular flexibility index (Phi) is 6.27. The lowest BCUT2D eigenvalue weighted by Crippen LogP contribution is -3.12. The van der Waals surface area contributed by atoms with Gasteiger partial charge in [-0.25, -0.2) is 0 Å². The molecule has 0 spiro atoms. The molecule has 1 aliphatic heterocycles. The van der Waals surface area contributed by atoms with Crippen LogP contribution in [0.25, 0.3) is 0 Å². The van der Waals surface area contributed by atoms with E-state index >= 15 is 0 Å². The van der Waals surface area contributed by atoms with Gasteiger partial charge in [-0.05, 0) is 12.6 Å². The van der Waals surface area contributed by atoms with E-state index in [2.05, 4.69) is 49.3 Å². The van der Waals surface area contributed by atoms with E-state index in [1.54, 1.807) is 4.90 Å². The Bertz CT molecular complexity index is 356. The van der Waals surface area contributed by atoms with Gasteiger partial charge >= 0.3 is 14.9 Å². The lowest BCUT2D eigenvalue weighted by molar-refractivity contribution is -0.898. The highest BCUT2D eigenvalue weighted by Crippen LogP contribution is 2.06. The standard InChI is InChI=1S/C12H18N2.Al.4FH/c1-13-8-9-14(2)12(13)10-11-6-4-3-5-7-11;;;;;/h3-7,12H,8-10H2,1-2H3;;4*1H/q;+3;;;;/p-3. The van der Waals surface area contributed by atoms with Crippen LogP contribution in [0.15, 0.2) is 30.3 Å². The first-order valence-electron chi connectivity index (χ1n) is 6.21. The van der Waals surface area contributed by atoms with Crippen molar-refractivity contribution in [2.45, 2.75) is 12.6 Å². The first-order valence-corrected chi connectivity index (χ1v) is 7.95. The molecule has 1 N–H and O–H groups in total. The largest absolute Gasteiger partial charge is 1.04 e. The molecule has 1 aliphatic rings. The molecule has 2 rings (SSSR count). The Morgan fingerprint density at radius 3 is 2.16 bits per heavy atom. The molecule has 1 aromatic rings. The maximum absolute atomic E-state index is 9.85. The minimum Gasteiger partial charge on any atom is -0.510 e. The lowest BCUT2D eigenvalue weighted by Gasteiger charge is -2.21. The second kappa shape index (κ2) is 7.25. The van der Waals surface area contributed by atoms with Crippen molar-refractivity contribution in [1.82, 2.24) is 4.90 Å². The Hall–Kier alpha value is -0.608. The summed E-state index contributed by atoms with van der Waals surface area (Å²) in [4.78, 5) is 4.10. The van der Waals surface area contributed by atoms with Gasteiger partial charge < -0.3 is 19.0 Å². The van der Waals surface area contributed by atoms with Crippen LogP contribution >= 0.6 is 0 Å². The summed E-state index contributed by atoms with van der Waals surface area (Å²) in [5.41, 5.74) is 1.45. The fourth-order valence-electron chi connectivity index (χ4n) is 2.22. The highest BCUT2D eigenvalue weighted by atomic mass is 27.5. The molecule has 1 fully saturated rings. The van der Waals surface area contributed by atoms with Gasteiger partial charge in [0.05, 0.1) is 20.1 Å². The summed E-state index contributed by atoms with van der Waals surface area (Å²) < 4.78 is 39.4. The highest BCUT2D eigenvalue weighted by Gasteiger charge is 2.41. The van der Waals surface area contributed by atoms with Crippen LogP contribution in [-0.2, 0) is 6.42 Å². The normalized spacial score (nSPS) is 23.9. The van der Waals surface area contributed by atoms with Crippen LogP contribution in [0.5, 0.6) is 0 Å². The molecule has 0 amide bonds. The molecule has 108 valence electrons. The third kappa shape index (κ3) is 6.93. The molecule has 1 saturated heterocycles. The van der Waals surface area contributed by atoms with Gasteiger partial charge in [-0.3, -0.25) is 4.90 Å². The molecule has 0 radical (unpaired) electrons. The van der Waals surface area contributed by atoms with Crippen molar-refractivity contribution in [3.63, 3.8) is 0 Å². The second-order valence-electron chi connectivity index (χ2n) is 4.78. The van der Waals surface area contributed by atoms with Crippen molar-refractivity contribution in [2.75, 3.05) is 27.2 Å². The van der Waals surface area contributed by atoms with E-state index in [0.29, 0.717) is 6.17 Å². The molecule has 19 heavy (non-hydrogen) atoms. The molecule has 0 aromatic heterocycles. The van der Waals surface area contributed by atoms with Gasteiger partial charge in [-0.15, -0.1) is 0 Å². The molecule has 0 saturated carbocycles. The summed E-state index contributed by atoms with van der Waals surface area (Å²) in [6.45, 7) is 2.50. The van der Waals surface area contributed by atoms with Crippen LogP contribution in [0.2, 0.25) is 0 Å². The third-order valence-electron chi connectivity index (χ3n) is 3.23. The summed E-state index contributed by atoms with van der Waals surface area (Å²) in [5.74, 6) is 0. The maximum atomic E-state index is 9.85. The molecular formula is C12H19AlF4N2. The molecule has 2 atom stereocenters. The van der Waals surface area contributed by atoms with Crippen LogP contribution in [0.1, 0.15) is 5.56 Å². The van der Waals surface area contributed by atoms with Gasteiger partial charge in [0, 0.05) is 6.42 Å². The van der Waals surface area contributed by atoms with Gasteiger partial charge in [0.2, 0.25) is 0 Å². The number of rotatable bonds is 2. The fraction of sp³-hybridized carbons (Fsp3) is 0.500. The van der Waals surface area contributed by atoms with Crippen molar-refractivity contribution >= 4 is 14.9 Å². The van der Waals surface area contributed by atoms with Gasteiger partial charge in [0.15, 0.2) is 0 Å². The molecule has 0 bridgehead atoms. The maximum Gasteiger partial charge on any atom is 1.04 e. The summed E-state index contributed by atoms with van der Waals surface area (Å²) in [6.07, 6.45) is 1.83. The number of benzene rings is 1. The van der Waals surface area contributed by atoms with Crippen LogP contribution in [0.4, 0.5) is 14.1 Å². The number of likely N-dealkylation sites (N-methyl/N-ethyl adjacent to an activating group) is 2. The van der Waals surface area contributed by atoms with E-state index < -0.39 is 14.9 Å². The van der Waals surface area contributed by atoms with E-state index in [1.807, 2.05) is 0 Å². The van der Waals surface area contributed by atoms with E-state index in [0.717, 1.165) is 0 Å². The summed E-state index contributed by atoms with van der Waals surface area (Å²) in [5, 5.41) is 0. The monoisotopic (exact) mass is 294 g/mol. The molecule has 0 aliphatic carbocycles. The van der Waals surface area contributed by atoms with Crippen LogP contribution in [0, 0.1) is 0 Å². The zero-order valence-electron chi connectivity index (χ0n) is 11.1. The number of halogens is 4. The minimum absolute atomic E-state index is 0.664. The molecule has 2 unspecified atom stereocenters. The van der Waals surface area contributed by atoms with Crippen molar-refractivity contribution in [3.8, 4) is 0 Å². The number of quaternary nitrogens is 1. The smallest absolute Gasteiger partial charge is 0.510 e. The van der Waals surface area contributed by atoms with Crippen molar-refractivity contribution < 1.29 is 19.0 Å². The van der Waals surface area contributed by atoms with Gasteiger partial charge in [-0.1, -0.05) is 30.3 Å². The summed E-state index contributed by atoms with van der Waals surface area (Å²) in [6, 6.07) is 10.8. The van der Waals surface area contributed by atoms with Crippen LogP contribution in [-0.4, -0.2) is 53.2 Å². The van der Waals surface area contributed by atoms with E-state index in [-0.39, 0.29) is 0 Å². The van der Waals surface area contributed by atoms with Crippen LogP contribution < -0.4 is 4.90 Å². The Morgan fingerprint density at radius 1 is 1.21 bits per heavy atom. The first-order chi connectivity index (χ1) is 8.77. The average molecular weight is 294 g/mol. The molecule has 7 heteroatoms. The van der Waals surface area contributed by atoms with Crippen molar-refractivity contribution in [1.29, 1.82) is 0 Å². The number of hydrogen-bond donors (Lipinski definition) is 1. The van der Waals surface area contributed by atoms with Gasteiger partial charge in [0.25, 0.3) is 0 Å². The highest BCUT2D eigenvalue weighted by molar-refractivity contribution is 6.50. The number of hydrogen-bond acceptors (Lipinski definition) is 1. The van der Waals surface area contributed by atoms with Crippen molar-refractivity contribution in [2.24, 2.45) is 0 Å². The third-order valence-corrected chi connectivity index (χ3v) is 3.23. The fourth-order valence-corrected chi connectivity index (χ4v) is 2.22. The van der Waals surface area contributed by atoms with Crippen molar-refractivity contribution in [3.05, 3.63) is 35.9 Å². The summed E-state index contributed by atoms with van der Waals surface area (Å²) in [7, 11) is 4.52. The summed E-state index contributed by atoms with van der Waals surface area (Å²) >= 11 is -6.83. The number of nitrogens with zero attached hydrogens (tertiary/aromatic N) is 1. The second-order valence-corrected chi connectivity index (χ2v) is 5.77. The first kappa shape index (κ1) is 16.4. The predicted octanol–water partition coefficient (Wildman–Crippen LogP) is 1.32. The molecule has 2 nitrogen and oxygen atoms in total. The topological polar surface area (TPSA) is 7.68 Å². The minimum atomic E-state index is -6.83. The Labute approximate surface area is 115 Å². The molecule has 1 aromatic carbocycles. The predicted molar refractivity (Wildman–Crippen MR) is 68.5 cm³/mol. The van der Waals surface area contributed by atoms with E-state index in [9.17, 15) is 14.1 Å². The lowest BCUT2D eigenvalue weighted by atomic mass is 10.1. The molecular weight excluding hydrogens is 275 g/mol. The SMILES string of the molecule is CN1CC[NH+](C)C1Cc1ccccc1.[F][Al-]([F])([F])[F]. The number of nitrogens with one attached hydrogen (secondary N) is 1. The molecule has 1 heterocycles. The zero-order chi connectivity index (χ0) is 14.5. The Morgan fingerprint density at radius 2 is 1.74 bits per heavy atom. The van der Waals surface area contributed by atoms with Crippen LogP contribution in [0.3, 0.4) is 0 Å². The average Bonchev–Trinajstić information content (AvgIpc) is 2.60. The van der Waals surface area contributed by atoms with E-state index in [4.69, 9.17) is 0 Å². The zero-order valence-corrected chi connectivity index (χ0v) is 12.3. The Balaban J connectivity index is 0.000000312. The van der Waals surface area contributed by atoms with Gasteiger partial charge in [-0.2, -0.15) is 0 Å². The quantitative estimate of drug-likeness (QED) is 0.638. The van der Waals surface area contributed by atoms with Gasteiger partial charge in [0.1, 0.15) is 6.17 Å². The van der Waals surface area contributed by atoms with E-state index in [1.165, 1.54) is 25.1 Å².